The Bertz CT molecular complexity index is 387. The summed E-state index contributed by atoms with van der Waals surface area (Å²) in [6.45, 7) is 3.70. The topological polar surface area (TPSA) is 49.4 Å². The van der Waals surface area contributed by atoms with Gasteiger partial charge in [0.05, 0.1) is 5.92 Å². The lowest BCUT2D eigenvalue weighted by molar-refractivity contribution is -0.132. The van der Waals surface area contributed by atoms with Crippen molar-refractivity contribution in [1.82, 2.24) is 10.2 Å². The van der Waals surface area contributed by atoms with Crippen LogP contribution in [0.5, 0.6) is 0 Å². The molecule has 1 atom stereocenters. The van der Waals surface area contributed by atoms with Crippen LogP contribution in [0.2, 0.25) is 0 Å². The molecule has 1 saturated heterocycles. The molecule has 1 N–H and O–H groups in total. The zero-order valence-electron chi connectivity index (χ0n) is 11.3. The Balaban J connectivity index is 1.83. The molecule has 1 aliphatic heterocycles. The lowest BCUT2D eigenvalue weighted by Gasteiger charge is -2.31. The number of hydrogen-bond donors (Lipinski definition) is 1. The summed E-state index contributed by atoms with van der Waals surface area (Å²) in [5.41, 5.74) is 0. The summed E-state index contributed by atoms with van der Waals surface area (Å²) in [5.74, 6) is 0.621. The Hall–Kier alpha value is -1.03. The highest BCUT2D eigenvalue weighted by atomic mass is 35.5. The van der Waals surface area contributed by atoms with Gasteiger partial charge in [0.2, 0.25) is 11.8 Å². The molecular formula is C14H21ClN2O2. The van der Waals surface area contributed by atoms with E-state index in [0.717, 1.165) is 19.4 Å². The Labute approximate surface area is 119 Å². The molecule has 19 heavy (non-hydrogen) atoms. The third kappa shape index (κ3) is 4.53. The molecule has 2 amide bonds. The normalized spacial score (nSPS) is 24.2. The van der Waals surface area contributed by atoms with Gasteiger partial charge in [0.15, 0.2) is 0 Å². The van der Waals surface area contributed by atoms with Gasteiger partial charge in [-0.2, -0.15) is 0 Å². The number of allylic oxidation sites excluding steroid dienone is 1. The number of carbonyl (C=O) groups excluding carboxylic acids is 2. The average Bonchev–Trinajstić information content (AvgIpc) is 3.19. The molecule has 0 bridgehead atoms. The number of amides is 2. The molecule has 1 heterocycles. The number of rotatable bonds is 4. The van der Waals surface area contributed by atoms with Crippen LogP contribution in [0, 0.1) is 11.8 Å². The van der Waals surface area contributed by atoms with Gasteiger partial charge in [0.25, 0.3) is 0 Å². The van der Waals surface area contributed by atoms with E-state index < -0.39 is 0 Å². The van der Waals surface area contributed by atoms with Crippen LogP contribution in [-0.4, -0.2) is 36.3 Å². The maximum Gasteiger partial charge on any atom is 0.247 e. The van der Waals surface area contributed by atoms with E-state index in [1.54, 1.807) is 11.8 Å². The second-order valence-corrected chi connectivity index (χ2v) is 6.14. The first-order valence-corrected chi connectivity index (χ1v) is 7.34. The van der Waals surface area contributed by atoms with Gasteiger partial charge in [-0.25, -0.2) is 0 Å². The minimum absolute atomic E-state index is 0.0690. The van der Waals surface area contributed by atoms with Crippen LogP contribution in [0.25, 0.3) is 0 Å². The predicted octanol–water partition coefficient (Wildman–Crippen LogP) is 1.89. The third-order valence-corrected chi connectivity index (χ3v) is 3.80. The predicted molar refractivity (Wildman–Crippen MR) is 74.6 cm³/mol. The summed E-state index contributed by atoms with van der Waals surface area (Å²) < 4.78 is 0. The van der Waals surface area contributed by atoms with Gasteiger partial charge in [-0.1, -0.05) is 11.6 Å². The van der Waals surface area contributed by atoms with E-state index in [1.165, 1.54) is 18.9 Å². The third-order valence-electron chi connectivity index (χ3n) is 3.69. The molecular weight excluding hydrogens is 264 g/mol. The fourth-order valence-corrected chi connectivity index (χ4v) is 2.46. The number of hydrogen-bond acceptors (Lipinski definition) is 2. The zero-order chi connectivity index (χ0) is 13.8. The van der Waals surface area contributed by atoms with Crippen molar-refractivity contribution < 1.29 is 9.59 Å². The average molecular weight is 285 g/mol. The molecule has 0 aromatic rings. The van der Waals surface area contributed by atoms with Gasteiger partial charge in [-0.15, -0.1) is 0 Å². The lowest BCUT2D eigenvalue weighted by Crippen LogP contribution is -2.45. The molecule has 1 unspecified atom stereocenters. The molecule has 0 aromatic carbocycles. The highest BCUT2D eigenvalue weighted by molar-refractivity contribution is 6.30. The number of nitrogens with zero attached hydrogens (tertiary/aromatic N) is 1. The second kappa shape index (κ2) is 6.42. The summed E-state index contributed by atoms with van der Waals surface area (Å²) in [5, 5.41) is 3.47. The Morgan fingerprint density at radius 2 is 2.11 bits per heavy atom. The summed E-state index contributed by atoms with van der Waals surface area (Å²) in [6, 6.07) is 0. The van der Waals surface area contributed by atoms with Gasteiger partial charge in [-0.05, 0) is 38.5 Å². The van der Waals surface area contributed by atoms with Crippen LogP contribution in [-0.2, 0) is 9.59 Å². The summed E-state index contributed by atoms with van der Waals surface area (Å²) in [4.78, 5) is 25.6. The Kier molecular flexibility index (Phi) is 4.86. The van der Waals surface area contributed by atoms with Crippen molar-refractivity contribution in [3.8, 4) is 0 Å². The SMILES string of the molecule is CC(Cl)=CC(=O)N1CCCC(C(=O)NCC2CC2)C1. The maximum atomic E-state index is 12.0. The number of piperidine rings is 1. The fourth-order valence-electron chi connectivity index (χ4n) is 2.36. The van der Waals surface area contributed by atoms with E-state index in [4.69, 9.17) is 11.6 Å². The number of likely N-dealkylation sites (tertiary alicyclic amines) is 1. The molecule has 0 aromatic heterocycles. The van der Waals surface area contributed by atoms with Crippen molar-refractivity contribution in [1.29, 1.82) is 0 Å². The van der Waals surface area contributed by atoms with Gasteiger partial charge in [0, 0.05) is 30.7 Å². The molecule has 5 heteroatoms. The fraction of sp³-hybridized carbons (Fsp3) is 0.714. The summed E-state index contributed by atoms with van der Waals surface area (Å²) in [6.07, 6.45) is 5.63. The van der Waals surface area contributed by atoms with Crippen molar-refractivity contribution >= 4 is 23.4 Å². The summed E-state index contributed by atoms with van der Waals surface area (Å²) >= 11 is 5.72. The molecule has 0 spiro atoms. The summed E-state index contributed by atoms with van der Waals surface area (Å²) in [7, 11) is 0. The van der Waals surface area contributed by atoms with Gasteiger partial charge < -0.3 is 10.2 Å². The largest absolute Gasteiger partial charge is 0.356 e. The number of nitrogens with one attached hydrogen (secondary N) is 1. The molecule has 0 radical (unpaired) electrons. The first-order chi connectivity index (χ1) is 9.06. The van der Waals surface area contributed by atoms with Crippen molar-refractivity contribution in [2.75, 3.05) is 19.6 Å². The smallest absolute Gasteiger partial charge is 0.247 e. The Morgan fingerprint density at radius 1 is 1.37 bits per heavy atom. The molecule has 1 saturated carbocycles. The van der Waals surface area contributed by atoms with Crippen molar-refractivity contribution in [3.05, 3.63) is 11.1 Å². The molecule has 4 nitrogen and oxygen atoms in total. The molecule has 106 valence electrons. The van der Waals surface area contributed by atoms with Gasteiger partial charge >= 0.3 is 0 Å². The van der Waals surface area contributed by atoms with Crippen molar-refractivity contribution in [3.63, 3.8) is 0 Å². The van der Waals surface area contributed by atoms with Crippen LogP contribution in [0.1, 0.15) is 32.6 Å². The van der Waals surface area contributed by atoms with Crippen LogP contribution in [0.4, 0.5) is 0 Å². The minimum atomic E-state index is -0.0906. The van der Waals surface area contributed by atoms with Crippen molar-refractivity contribution in [2.24, 2.45) is 11.8 Å². The first kappa shape index (κ1) is 14.4. The van der Waals surface area contributed by atoms with E-state index in [1.807, 2.05) is 0 Å². The second-order valence-electron chi connectivity index (χ2n) is 5.54. The number of halogens is 1. The molecule has 1 aliphatic carbocycles. The van der Waals surface area contributed by atoms with Crippen LogP contribution in [0.3, 0.4) is 0 Å². The zero-order valence-corrected chi connectivity index (χ0v) is 12.1. The quantitative estimate of drug-likeness (QED) is 0.802. The van der Waals surface area contributed by atoms with E-state index in [2.05, 4.69) is 5.32 Å². The lowest BCUT2D eigenvalue weighted by atomic mass is 9.97. The van der Waals surface area contributed by atoms with Crippen molar-refractivity contribution in [2.45, 2.75) is 32.6 Å². The van der Waals surface area contributed by atoms with Crippen LogP contribution >= 0.6 is 11.6 Å². The minimum Gasteiger partial charge on any atom is -0.356 e. The standard InChI is InChI=1S/C14H21ClN2O2/c1-10(15)7-13(18)17-6-2-3-12(9-17)14(19)16-8-11-4-5-11/h7,11-12H,2-6,8-9H2,1H3,(H,16,19). The monoisotopic (exact) mass is 284 g/mol. The molecule has 2 aliphatic rings. The molecule has 2 fully saturated rings. The molecule has 2 rings (SSSR count). The maximum absolute atomic E-state index is 12.0. The highest BCUT2D eigenvalue weighted by Gasteiger charge is 2.29. The Morgan fingerprint density at radius 3 is 2.74 bits per heavy atom. The van der Waals surface area contributed by atoms with Crippen LogP contribution < -0.4 is 5.32 Å². The highest BCUT2D eigenvalue weighted by Crippen LogP contribution is 2.28. The van der Waals surface area contributed by atoms with E-state index in [0.29, 0.717) is 24.0 Å². The first-order valence-electron chi connectivity index (χ1n) is 6.96. The van der Waals surface area contributed by atoms with E-state index in [9.17, 15) is 9.59 Å². The van der Waals surface area contributed by atoms with E-state index in [-0.39, 0.29) is 17.7 Å². The van der Waals surface area contributed by atoms with Gasteiger partial charge in [0.1, 0.15) is 0 Å². The number of carbonyl (C=O) groups is 2. The van der Waals surface area contributed by atoms with Gasteiger partial charge in [-0.3, -0.25) is 9.59 Å². The van der Waals surface area contributed by atoms with Crippen LogP contribution in [0.15, 0.2) is 11.1 Å². The van der Waals surface area contributed by atoms with E-state index >= 15 is 0 Å².